The van der Waals surface area contributed by atoms with Crippen molar-refractivity contribution in [3.8, 4) is 23.0 Å². The number of ether oxygens (including phenoxy) is 3. The molecular formula is C22H15F6NO4. The Morgan fingerprint density at radius 3 is 1.91 bits per heavy atom. The minimum Gasteiger partial charge on any atom is -0.497 e. The smallest absolute Gasteiger partial charge is 0.497 e. The molecule has 0 unspecified atom stereocenters. The summed E-state index contributed by atoms with van der Waals surface area (Å²) < 4.78 is 90.7. The predicted molar refractivity (Wildman–Crippen MR) is 106 cm³/mol. The minimum absolute atomic E-state index is 0.0847. The van der Waals surface area contributed by atoms with Crippen LogP contribution in [0.4, 0.5) is 32.0 Å². The maximum Gasteiger partial charge on any atom is 0.573 e. The van der Waals surface area contributed by atoms with E-state index in [4.69, 9.17) is 9.47 Å². The van der Waals surface area contributed by atoms with Gasteiger partial charge >= 0.3 is 12.5 Å². The van der Waals surface area contributed by atoms with Crippen LogP contribution in [-0.4, -0.2) is 19.4 Å². The second kappa shape index (κ2) is 9.31. The number of amides is 1. The molecule has 0 saturated heterocycles. The molecule has 1 amide bonds. The molecule has 0 spiro atoms. The van der Waals surface area contributed by atoms with Crippen molar-refractivity contribution < 1.29 is 45.3 Å². The predicted octanol–water partition coefficient (Wildman–Crippen LogP) is 6.66. The number of nitrogens with one attached hydrogen (secondary N) is 1. The Kier molecular flexibility index (Phi) is 6.70. The second-order valence-electron chi connectivity index (χ2n) is 6.51. The lowest BCUT2D eigenvalue weighted by molar-refractivity contribution is -0.274. The maximum atomic E-state index is 13.2. The van der Waals surface area contributed by atoms with Crippen molar-refractivity contribution in [2.45, 2.75) is 12.5 Å². The van der Waals surface area contributed by atoms with Gasteiger partial charge in [0.25, 0.3) is 5.91 Å². The Bertz CT molecular complexity index is 1110. The van der Waals surface area contributed by atoms with E-state index in [1.54, 1.807) is 12.1 Å². The van der Waals surface area contributed by atoms with Crippen LogP contribution in [0.2, 0.25) is 0 Å². The molecule has 1 N–H and O–H groups in total. The normalized spacial score (nSPS) is 11.6. The first-order valence-corrected chi connectivity index (χ1v) is 9.15. The molecule has 3 rings (SSSR count). The van der Waals surface area contributed by atoms with Crippen LogP contribution in [0.1, 0.15) is 15.9 Å². The molecule has 0 saturated carbocycles. The van der Waals surface area contributed by atoms with E-state index in [0.29, 0.717) is 11.8 Å². The highest BCUT2D eigenvalue weighted by Gasteiger charge is 2.32. The van der Waals surface area contributed by atoms with E-state index < -0.39 is 29.8 Å². The fourth-order valence-corrected chi connectivity index (χ4v) is 2.67. The summed E-state index contributed by atoms with van der Waals surface area (Å²) in [6.07, 6.45) is -9.59. The average Bonchev–Trinajstić information content (AvgIpc) is 2.74. The molecule has 11 heteroatoms. The SMILES string of the molecule is COc1ccc(Oc2ccc(C(F)(F)F)cc2NC(=O)c2ccc(OC(F)(F)F)cc2)cc1. The lowest BCUT2D eigenvalue weighted by atomic mass is 10.1. The molecule has 3 aromatic rings. The molecule has 3 aromatic carbocycles. The minimum atomic E-state index is -4.91. The fourth-order valence-electron chi connectivity index (χ4n) is 2.67. The van der Waals surface area contributed by atoms with Crippen molar-refractivity contribution in [3.63, 3.8) is 0 Å². The Hall–Kier alpha value is -3.89. The monoisotopic (exact) mass is 471 g/mol. The highest BCUT2D eigenvalue weighted by Crippen LogP contribution is 2.37. The van der Waals surface area contributed by atoms with Gasteiger partial charge in [0, 0.05) is 5.56 Å². The quantitative estimate of drug-likeness (QED) is 0.409. The van der Waals surface area contributed by atoms with Crippen molar-refractivity contribution in [2.24, 2.45) is 0 Å². The number of halogens is 6. The Balaban J connectivity index is 1.86. The fraction of sp³-hybridized carbons (Fsp3) is 0.136. The molecule has 0 aliphatic carbocycles. The van der Waals surface area contributed by atoms with Gasteiger partial charge < -0.3 is 19.5 Å². The number of alkyl halides is 6. The summed E-state index contributed by atoms with van der Waals surface area (Å²) in [6.45, 7) is 0. The Morgan fingerprint density at radius 2 is 1.36 bits per heavy atom. The van der Waals surface area contributed by atoms with Crippen molar-refractivity contribution >= 4 is 11.6 Å². The first kappa shape index (κ1) is 23.8. The third-order valence-electron chi connectivity index (χ3n) is 4.19. The van der Waals surface area contributed by atoms with Gasteiger partial charge in [0.05, 0.1) is 18.4 Å². The van der Waals surface area contributed by atoms with Gasteiger partial charge in [0.2, 0.25) is 0 Å². The number of carbonyl (C=O) groups is 1. The number of carbonyl (C=O) groups excluding carboxylic acids is 1. The topological polar surface area (TPSA) is 56.8 Å². The van der Waals surface area contributed by atoms with Gasteiger partial charge in [-0.15, -0.1) is 13.2 Å². The highest BCUT2D eigenvalue weighted by molar-refractivity contribution is 6.05. The lowest BCUT2D eigenvalue weighted by Gasteiger charge is -2.16. The summed E-state index contributed by atoms with van der Waals surface area (Å²) in [6, 6.07) is 12.6. The van der Waals surface area contributed by atoms with Crippen molar-refractivity contribution in [2.75, 3.05) is 12.4 Å². The van der Waals surface area contributed by atoms with E-state index in [0.717, 1.165) is 36.4 Å². The number of benzene rings is 3. The van der Waals surface area contributed by atoms with Gasteiger partial charge in [-0.05, 0) is 66.7 Å². The van der Waals surface area contributed by atoms with Crippen LogP contribution < -0.4 is 19.5 Å². The van der Waals surface area contributed by atoms with Gasteiger partial charge in [-0.2, -0.15) is 13.2 Å². The first-order chi connectivity index (χ1) is 15.4. The van der Waals surface area contributed by atoms with Crippen LogP contribution in [-0.2, 0) is 6.18 Å². The lowest BCUT2D eigenvalue weighted by Crippen LogP contribution is -2.17. The zero-order valence-corrected chi connectivity index (χ0v) is 16.8. The molecule has 0 radical (unpaired) electrons. The first-order valence-electron chi connectivity index (χ1n) is 9.15. The van der Waals surface area contributed by atoms with Gasteiger partial charge in [-0.25, -0.2) is 0 Å². The third-order valence-corrected chi connectivity index (χ3v) is 4.19. The number of hydrogen-bond acceptors (Lipinski definition) is 4. The van der Waals surface area contributed by atoms with Crippen LogP contribution >= 0.6 is 0 Å². The maximum absolute atomic E-state index is 13.2. The number of anilines is 1. The van der Waals surface area contributed by atoms with E-state index in [-0.39, 0.29) is 22.7 Å². The molecule has 0 aliphatic heterocycles. The third kappa shape index (κ3) is 6.55. The molecule has 0 heterocycles. The molecule has 174 valence electrons. The summed E-state index contributed by atoms with van der Waals surface area (Å²) in [5, 5.41) is 2.30. The van der Waals surface area contributed by atoms with E-state index in [1.807, 2.05) is 0 Å². The van der Waals surface area contributed by atoms with Crippen molar-refractivity contribution in [1.29, 1.82) is 0 Å². The van der Waals surface area contributed by atoms with Gasteiger partial charge in [-0.3, -0.25) is 4.79 Å². The Labute approximate surface area is 183 Å². The second-order valence-corrected chi connectivity index (χ2v) is 6.51. The summed E-state index contributed by atoms with van der Waals surface area (Å²) >= 11 is 0. The number of rotatable bonds is 6. The standard InChI is InChI=1S/C22H15F6NO4/c1-31-15-7-9-16(10-8-15)32-19-11-4-14(21(23,24)25)12-18(19)29-20(30)13-2-5-17(6-3-13)33-22(26,27)28/h2-12H,1H3,(H,29,30). The molecule has 0 aliphatic rings. The molecule has 0 bridgehead atoms. The van der Waals surface area contributed by atoms with E-state index in [1.165, 1.54) is 19.2 Å². The van der Waals surface area contributed by atoms with Gasteiger partial charge in [-0.1, -0.05) is 0 Å². The van der Waals surface area contributed by atoms with Gasteiger partial charge in [0.15, 0.2) is 5.75 Å². The van der Waals surface area contributed by atoms with Crippen LogP contribution in [0.5, 0.6) is 23.0 Å². The largest absolute Gasteiger partial charge is 0.573 e. The average molecular weight is 471 g/mol. The van der Waals surface area contributed by atoms with Crippen molar-refractivity contribution in [1.82, 2.24) is 0 Å². The molecular weight excluding hydrogens is 456 g/mol. The van der Waals surface area contributed by atoms with E-state index in [2.05, 4.69) is 10.1 Å². The highest BCUT2D eigenvalue weighted by atomic mass is 19.4. The molecule has 0 aromatic heterocycles. The summed E-state index contributed by atoms with van der Waals surface area (Å²) in [5.41, 5.74) is -1.44. The summed E-state index contributed by atoms with van der Waals surface area (Å²) in [7, 11) is 1.46. The zero-order chi connectivity index (χ0) is 24.2. The number of methoxy groups -OCH3 is 1. The summed E-state index contributed by atoms with van der Waals surface area (Å²) in [5.74, 6) is -0.714. The van der Waals surface area contributed by atoms with Crippen LogP contribution in [0.25, 0.3) is 0 Å². The van der Waals surface area contributed by atoms with Crippen LogP contribution in [0.3, 0.4) is 0 Å². The molecule has 0 atom stereocenters. The molecule has 0 fully saturated rings. The van der Waals surface area contributed by atoms with Crippen LogP contribution in [0, 0.1) is 0 Å². The molecule has 5 nitrogen and oxygen atoms in total. The van der Waals surface area contributed by atoms with Crippen molar-refractivity contribution in [3.05, 3.63) is 77.9 Å². The summed E-state index contributed by atoms with van der Waals surface area (Å²) in [4.78, 5) is 12.5. The number of hydrogen-bond donors (Lipinski definition) is 1. The van der Waals surface area contributed by atoms with E-state index in [9.17, 15) is 31.1 Å². The molecule has 33 heavy (non-hydrogen) atoms. The van der Waals surface area contributed by atoms with Crippen LogP contribution in [0.15, 0.2) is 66.7 Å². The Morgan fingerprint density at radius 1 is 0.788 bits per heavy atom. The van der Waals surface area contributed by atoms with Gasteiger partial charge in [0.1, 0.15) is 17.2 Å². The zero-order valence-electron chi connectivity index (χ0n) is 16.8. The van der Waals surface area contributed by atoms with E-state index >= 15 is 0 Å².